The topological polar surface area (TPSA) is 6.48 Å². The Morgan fingerprint density at radius 1 is 0.233 bits per heavy atom. The Morgan fingerprint density at radius 2 is 0.658 bits per heavy atom. The van der Waals surface area contributed by atoms with Gasteiger partial charge in [-0.2, -0.15) is 0 Å². The van der Waals surface area contributed by atoms with E-state index < -0.39 is 5.41 Å². The average Bonchev–Trinajstić information content (AvgIpc) is 3.94. The third-order valence-corrected chi connectivity index (χ3v) is 15.2. The van der Waals surface area contributed by atoms with Crippen LogP contribution in [0.15, 0.2) is 291 Å². The zero-order valence-corrected chi connectivity index (χ0v) is 40.1. The number of hydrogen-bond acceptors (Lipinski definition) is 2. The summed E-state index contributed by atoms with van der Waals surface area (Å²) < 4.78 is 0. The predicted molar refractivity (Wildman–Crippen MR) is 306 cm³/mol. The molecule has 0 N–H and O–H groups in total. The van der Waals surface area contributed by atoms with Crippen molar-refractivity contribution in [1.82, 2.24) is 0 Å². The van der Waals surface area contributed by atoms with Gasteiger partial charge in [-0.15, -0.1) is 0 Å². The minimum Gasteiger partial charge on any atom is -0.310 e. The number of rotatable bonds is 9. The van der Waals surface area contributed by atoms with E-state index in [2.05, 4.69) is 301 Å². The lowest BCUT2D eigenvalue weighted by Gasteiger charge is -2.34. The monoisotopic (exact) mass is 928 g/mol. The molecule has 1 atom stereocenters. The molecule has 0 saturated heterocycles. The third kappa shape index (κ3) is 6.87. The molecule has 2 heteroatoms. The van der Waals surface area contributed by atoms with Gasteiger partial charge in [0.05, 0.1) is 11.1 Å². The first-order chi connectivity index (χ1) is 36.2. The van der Waals surface area contributed by atoms with Crippen LogP contribution in [-0.2, 0) is 5.41 Å². The van der Waals surface area contributed by atoms with Crippen LogP contribution in [0.25, 0.3) is 66.4 Å². The van der Waals surface area contributed by atoms with Gasteiger partial charge in [0.2, 0.25) is 0 Å². The van der Waals surface area contributed by atoms with Gasteiger partial charge in [0.25, 0.3) is 0 Å². The van der Waals surface area contributed by atoms with Crippen molar-refractivity contribution in [2.75, 3.05) is 9.80 Å². The molecule has 0 aromatic heterocycles. The second kappa shape index (κ2) is 17.4. The smallest absolute Gasteiger partial charge is 0.0727 e. The fourth-order valence-electron chi connectivity index (χ4n) is 12.1. The maximum atomic E-state index is 2.51. The largest absolute Gasteiger partial charge is 0.310 e. The number of fused-ring (bicyclic) bond motifs is 11. The van der Waals surface area contributed by atoms with Crippen LogP contribution in [0.5, 0.6) is 0 Å². The normalized spacial score (nSPS) is 13.8. The Labute approximate surface area is 427 Å². The van der Waals surface area contributed by atoms with E-state index in [9.17, 15) is 0 Å². The summed E-state index contributed by atoms with van der Waals surface area (Å²) in [4.78, 5) is 4.91. The maximum Gasteiger partial charge on any atom is 0.0727 e. The molecule has 0 heterocycles. The highest BCUT2D eigenvalue weighted by Gasteiger charge is 2.52. The van der Waals surface area contributed by atoms with E-state index in [0.29, 0.717) is 0 Å². The summed E-state index contributed by atoms with van der Waals surface area (Å²) in [6, 6.07) is 107. The molecule has 1 unspecified atom stereocenters. The maximum absolute atomic E-state index is 2.51. The predicted octanol–water partition coefficient (Wildman–Crippen LogP) is 19.1. The molecular formula is C71H48N2. The van der Waals surface area contributed by atoms with E-state index in [1.165, 1.54) is 88.7 Å². The quantitative estimate of drug-likeness (QED) is 0.142. The number of benzene rings is 12. The van der Waals surface area contributed by atoms with Crippen molar-refractivity contribution in [3.05, 3.63) is 313 Å². The van der Waals surface area contributed by atoms with E-state index in [1.54, 1.807) is 0 Å². The first-order valence-corrected chi connectivity index (χ1v) is 25.2. The Balaban J connectivity index is 0.996. The molecule has 342 valence electrons. The van der Waals surface area contributed by atoms with E-state index in [1.807, 2.05) is 0 Å². The highest BCUT2D eigenvalue weighted by atomic mass is 15.1. The zero-order chi connectivity index (χ0) is 48.3. The van der Waals surface area contributed by atoms with Crippen LogP contribution in [0.3, 0.4) is 0 Å². The molecule has 2 aliphatic carbocycles. The second-order valence-corrected chi connectivity index (χ2v) is 19.2. The lowest BCUT2D eigenvalue weighted by molar-refractivity contribution is 0.793. The molecule has 14 rings (SSSR count). The van der Waals surface area contributed by atoms with Crippen LogP contribution < -0.4 is 9.80 Å². The summed E-state index contributed by atoms with van der Waals surface area (Å²) in [5.41, 5.74) is 23.4. The van der Waals surface area contributed by atoms with Crippen molar-refractivity contribution in [3.8, 4) is 55.6 Å². The van der Waals surface area contributed by atoms with Crippen molar-refractivity contribution >= 4 is 44.9 Å². The molecule has 0 radical (unpaired) electrons. The Morgan fingerprint density at radius 3 is 1.27 bits per heavy atom. The first-order valence-electron chi connectivity index (χ1n) is 25.2. The van der Waals surface area contributed by atoms with Crippen LogP contribution >= 0.6 is 0 Å². The van der Waals surface area contributed by atoms with Gasteiger partial charge in [0, 0.05) is 34.0 Å². The van der Waals surface area contributed by atoms with Gasteiger partial charge >= 0.3 is 0 Å². The van der Waals surface area contributed by atoms with Crippen LogP contribution in [-0.4, -0.2) is 0 Å². The molecule has 1 spiro atoms. The second-order valence-electron chi connectivity index (χ2n) is 19.2. The van der Waals surface area contributed by atoms with Gasteiger partial charge in [0.15, 0.2) is 0 Å². The highest BCUT2D eigenvalue weighted by Crippen LogP contribution is 2.64. The van der Waals surface area contributed by atoms with Gasteiger partial charge in [0.1, 0.15) is 0 Å². The fraction of sp³-hybridized carbons (Fsp3) is 0.0141. The van der Waals surface area contributed by atoms with Crippen molar-refractivity contribution < 1.29 is 0 Å². The van der Waals surface area contributed by atoms with E-state index in [0.717, 1.165) is 34.1 Å². The van der Waals surface area contributed by atoms with Gasteiger partial charge in [-0.05, 0) is 150 Å². The number of nitrogens with zero attached hydrogens (tertiary/aromatic N) is 2. The van der Waals surface area contributed by atoms with Gasteiger partial charge in [-0.1, -0.05) is 224 Å². The molecule has 12 aromatic rings. The minimum absolute atomic E-state index is 0.611. The number of para-hydroxylation sites is 2. The summed E-state index contributed by atoms with van der Waals surface area (Å²) in [5, 5.41) is 2.41. The van der Waals surface area contributed by atoms with Crippen molar-refractivity contribution in [3.63, 3.8) is 0 Å². The van der Waals surface area contributed by atoms with Crippen molar-refractivity contribution in [2.45, 2.75) is 5.41 Å². The van der Waals surface area contributed by atoms with E-state index in [4.69, 9.17) is 0 Å². The third-order valence-electron chi connectivity index (χ3n) is 15.2. The summed E-state index contributed by atoms with van der Waals surface area (Å²) in [7, 11) is 0. The SMILES string of the molecule is c1ccc(-c2ccc(-c3c(N(c4ccccc4)c4ccc5c(c4)C4(c6ccccc6-c6ccc(N(c7ccccc7)c7cccc(-c8ccccc8)c7)cc64)c4ccccc4-5)ccc4ccccc34)cc2)cc1. The van der Waals surface area contributed by atoms with Crippen molar-refractivity contribution in [2.24, 2.45) is 0 Å². The summed E-state index contributed by atoms with van der Waals surface area (Å²) >= 11 is 0. The zero-order valence-electron chi connectivity index (χ0n) is 40.1. The molecule has 2 aliphatic rings. The summed E-state index contributed by atoms with van der Waals surface area (Å²) in [6.45, 7) is 0. The Hall–Kier alpha value is -9.50. The summed E-state index contributed by atoms with van der Waals surface area (Å²) in [5.74, 6) is 0. The summed E-state index contributed by atoms with van der Waals surface area (Å²) in [6.07, 6.45) is 0. The minimum atomic E-state index is -0.611. The standard InChI is InChI=1S/C71H48N2/c1-5-20-49(21-6-1)51-36-38-53(39-37-51)70-60-31-14-13-24-52(60)40-45-69(70)73(56-28-11-4-12-29-56)59-42-44-64-62-33-16-18-35-66(62)71(68(64)48-59)65-34-17-15-32-61(65)63-43-41-58(47-67(63)71)72(55-26-9-3-10-27-55)57-30-19-25-54(46-57)50-22-7-2-8-23-50/h1-48H. The van der Waals surface area contributed by atoms with E-state index >= 15 is 0 Å². The Bertz CT molecular complexity index is 4000. The molecule has 2 nitrogen and oxygen atoms in total. The highest BCUT2D eigenvalue weighted by molar-refractivity contribution is 6.06. The lowest BCUT2D eigenvalue weighted by atomic mass is 9.70. The van der Waals surface area contributed by atoms with Gasteiger partial charge in [-0.25, -0.2) is 0 Å². The molecule has 0 saturated carbocycles. The molecule has 0 amide bonds. The van der Waals surface area contributed by atoms with Crippen LogP contribution in [0.4, 0.5) is 34.1 Å². The lowest BCUT2D eigenvalue weighted by Crippen LogP contribution is -2.26. The molecular weight excluding hydrogens is 881 g/mol. The molecule has 0 fully saturated rings. The van der Waals surface area contributed by atoms with E-state index in [-0.39, 0.29) is 0 Å². The fourth-order valence-corrected chi connectivity index (χ4v) is 12.1. The molecule has 0 bridgehead atoms. The first kappa shape index (κ1) is 42.4. The Kier molecular flexibility index (Phi) is 10.1. The number of anilines is 6. The molecule has 0 aliphatic heterocycles. The van der Waals surface area contributed by atoms with Crippen LogP contribution in [0.2, 0.25) is 0 Å². The molecule has 12 aromatic carbocycles. The van der Waals surface area contributed by atoms with Crippen LogP contribution in [0.1, 0.15) is 22.3 Å². The van der Waals surface area contributed by atoms with Gasteiger partial charge in [-0.3, -0.25) is 0 Å². The van der Waals surface area contributed by atoms with Crippen LogP contribution in [0, 0.1) is 0 Å². The van der Waals surface area contributed by atoms with Gasteiger partial charge < -0.3 is 9.80 Å². The average molecular weight is 929 g/mol. The molecule has 73 heavy (non-hydrogen) atoms. The van der Waals surface area contributed by atoms with Crippen molar-refractivity contribution in [1.29, 1.82) is 0 Å². The number of hydrogen-bond donors (Lipinski definition) is 0.